The summed E-state index contributed by atoms with van der Waals surface area (Å²) in [5, 5.41) is 2.58. The molecule has 0 aliphatic heterocycles. The Morgan fingerprint density at radius 1 is 0.957 bits per heavy atom. The second kappa shape index (κ2) is 7.31. The Hall–Kier alpha value is -3.02. The molecule has 2 aromatic carbocycles. The molecule has 0 atom stereocenters. The predicted molar refractivity (Wildman–Crippen MR) is 81.8 cm³/mol. The molecule has 0 aliphatic rings. The molecular weight excluding hydrogens is 301 g/mol. The molecule has 2 aromatic rings. The zero-order chi connectivity index (χ0) is 16.8. The topological polar surface area (TPSA) is 72.5 Å². The van der Waals surface area contributed by atoms with Crippen molar-refractivity contribution in [1.82, 2.24) is 0 Å². The number of ketones is 1. The molecule has 0 fully saturated rings. The largest absolute Gasteiger partial charge is 0.454 e. The fourth-order valence-electron chi connectivity index (χ4n) is 1.83. The third-order valence-corrected chi connectivity index (χ3v) is 2.94. The molecular formula is C17H14FNO4. The number of carbonyl (C=O) groups is 3. The van der Waals surface area contributed by atoms with E-state index in [9.17, 15) is 18.8 Å². The first-order valence-electron chi connectivity index (χ1n) is 6.79. The van der Waals surface area contributed by atoms with Gasteiger partial charge < -0.3 is 10.1 Å². The van der Waals surface area contributed by atoms with Crippen molar-refractivity contribution >= 4 is 23.3 Å². The number of Topliss-reactive ketones (excluding diaryl/α,β-unsaturated/α-hetero) is 1. The first-order valence-corrected chi connectivity index (χ1v) is 6.79. The number of hydrogen-bond donors (Lipinski definition) is 1. The molecule has 2 rings (SSSR count). The van der Waals surface area contributed by atoms with E-state index in [4.69, 9.17) is 4.74 Å². The molecule has 1 amide bonds. The first-order chi connectivity index (χ1) is 11.0. The summed E-state index contributed by atoms with van der Waals surface area (Å²) in [6.45, 7) is 0.962. The third kappa shape index (κ3) is 4.74. The zero-order valence-electron chi connectivity index (χ0n) is 12.3. The van der Waals surface area contributed by atoms with E-state index in [0.29, 0.717) is 11.3 Å². The number of rotatable bonds is 5. The van der Waals surface area contributed by atoms with Crippen molar-refractivity contribution in [3.63, 3.8) is 0 Å². The van der Waals surface area contributed by atoms with Crippen LogP contribution in [-0.2, 0) is 9.53 Å². The molecule has 0 spiro atoms. The SMILES string of the molecule is CC(=O)Nc1ccc(C(=O)COC(=O)c2ccc(F)cc2)cc1. The van der Waals surface area contributed by atoms with Gasteiger partial charge in [0.05, 0.1) is 5.56 Å². The van der Waals surface area contributed by atoms with Crippen LogP contribution in [0.5, 0.6) is 0 Å². The molecule has 118 valence electrons. The van der Waals surface area contributed by atoms with E-state index < -0.39 is 18.4 Å². The molecule has 0 aliphatic carbocycles. The van der Waals surface area contributed by atoms with Gasteiger partial charge in [-0.05, 0) is 48.5 Å². The van der Waals surface area contributed by atoms with E-state index in [0.717, 1.165) is 12.1 Å². The van der Waals surface area contributed by atoms with Crippen molar-refractivity contribution in [2.75, 3.05) is 11.9 Å². The van der Waals surface area contributed by atoms with E-state index in [1.54, 1.807) is 12.1 Å². The summed E-state index contributed by atoms with van der Waals surface area (Å²) in [7, 11) is 0. The molecule has 0 saturated heterocycles. The Bertz CT molecular complexity index is 723. The van der Waals surface area contributed by atoms with Crippen molar-refractivity contribution in [3.05, 3.63) is 65.5 Å². The summed E-state index contributed by atoms with van der Waals surface area (Å²) in [6, 6.07) is 11.1. The van der Waals surface area contributed by atoms with Gasteiger partial charge >= 0.3 is 5.97 Å². The van der Waals surface area contributed by atoms with Crippen molar-refractivity contribution in [2.24, 2.45) is 0 Å². The smallest absolute Gasteiger partial charge is 0.338 e. The second-order valence-corrected chi connectivity index (χ2v) is 4.76. The number of ether oxygens (including phenoxy) is 1. The molecule has 0 radical (unpaired) electrons. The van der Waals surface area contributed by atoms with Gasteiger partial charge in [0.25, 0.3) is 0 Å². The zero-order valence-corrected chi connectivity index (χ0v) is 12.3. The molecule has 0 unspecified atom stereocenters. The quantitative estimate of drug-likeness (QED) is 0.680. The number of benzene rings is 2. The highest BCUT2D eigenvalue weighted by molar-refractivity contribution is 6.00. The van der Waals surface area contributed by atoms with Gasteiger partial charge in [0.2, 0.25) is 5.91 Å². The summed E-state index contributed by atoms with van der Waals surface area (Å²) in [4.78, 5) is 34.6. The Labute approximate surface area is 132 Å². The van der Waals surface area contributed by atoms with Crippen LogP contribution < -0.4 is 5.32 Å². The number of nitrogens with one attached hydrogen (secondary N) is 1. The minimum atomic E-state index is -0.701. The van der Waals surface area contributed by atoms with Gasteiger partial charge in [0.1, 0.15) is 5.82 Å². The standard InChI is InChI=1S/C17H14FNO4/c1-11(20)19-15-8-4-12(5-9-15)16(21)10-23-17(22)13-2-6-14(18)7-3-13/h2-9H,10H2,1H3,(H,19,20). The van der Waals surface area contributed by atoms with Gasteiger partial charge in [-0.15, -0.1) is 0 Å². The van der Waals surface area contributed by atoms with Crippen molar-refractivity contribution in [3.8, 4) is 0 Å². The van der Waals surface area contributed by atoms with Gasteiger partial charge in [0, 0.05) is 18.2 Å². The highest BCUT2D eigenvalue weighted by Gasteiger charge is 2.12. The van der Waals surface area contributed by atoms with Gasteiger partial charge in [-0.25, -0.2) is 9.18 Å². The fourth-order valence-corrected chi connectivity index (χ4v) is 1.83. The molecule has 6 heteroatoms. The Balaban J connectivity index is 1.92. The maximum absolute atomic E-state index is 12.8. The highest BCUT2D eigenvalue weighted by Crippen LogP contribution is 2.11. The summed E-state index contributed by atoms with van der Waals surface area (Å²) in [5.41, 5.74) is 1.09. The van der Waals surface area contributed by atoms with Gasteiger partial charge in [0.15, 0.2) is 12.4 Å². The lowest BCUT2D eigenvalue weighted by molar-refractivity contribution is -0.114. The lowest BCUT2D eigenvalue weighted by Gasteiger charge is -2.06. The third-order valence-electron chi connectivity index (χ3n) is 2.94. The Kier molecular flexibility index (Phi) is 5.19. The molecule has 1 N–H and O–H groups in total. The maximum Gasteiger partial charge on any atom is 0.338 e. The monoisotopic (exact) mass is 315 g/mol. The van der Waals surface area contributed by atoms with Crippen molar-refractivity contribution < 1.29 is 23.5 Å². The van der Waals surface area contributed by atoms with E-state index in [2.05, 4.69) is 5.32 Å². The van der Waals surface area contributed by atoms with Gasteiger partial charge in [-0.2, -0.15) is 0 Å². The normalized spacial score (nSPS) is 10.0. The second-order valence-electron chi connectivity index (χ2n) is 4.76. The average molecular weight is 315 g/mol. The predicted octanol–water partition coefficient (Wildman–Crippen LogP) is 2.82. The van der Waals surface area contributed by atoms with Crippen LogP contribution in [0.3, 0.4) is 0 Å². The number of halogens is 1. The van der Waals surface area contributed by atoms with Crippen LogP contribution in [0.15, 0.2) is 48.5 Å². The van der Waals surface area contributed by atoms with Crippen LogP contribution in [0.1, 0.15) is 27.6 Å². The minimum absolute atomic E-state index is 0.167. The van der Waals surface area contributed by atoms with Crippen LogP contribution in [0.2, 0.25) is 0 Å². The van der Waals surface area contributed by atoms with Crippen LogP contribution in [0, 0.1) is 5.82 Å². The summed E-state index contributed by atoms with van der Waals surface area (Å²) >= 11 is 0. The Morgan fingerprint density at radius 2 is 1.52 bits per heavy atom. The lowest BCUT2D eigenvalue weighted by Crippen LogP contribution is -2.14. The summed E-state index contributed by atoms with van der Waals surface area (Å²) < 4.78 is 17.7. The number of hydrogen-bond acceptors (Lipinski definition) is 4. The van der Waals surface area contributed by atoms with Crippen LogP contribution in [0.25, 0.3) is 0 Å². The van der Waals surface area contributed by atoms with E-state index >= 15 is 0 Å². The van der Waals surface area contributed by atoms with Gasteiger partial charge in [-0.3, -0.25) is 9.59 Å². The number of esters is 1. The van der Waals surface area contributed by atoms with E-state index in [1.807, 2.05) is 0 Å². The minimum Gasteiger partial charge on any atom is -0.454 e. The van der Waals surface area contributed by atoms with Crippen LogP contribution in [0.4, 0.5) is 10.1 Å². The van der Waals surface area contributed by atoms with Crippen molar-refractivity contribution in [1.29, 1.82) is 0 Å². The number of anilines is 1. The summed E-state index contributed by atoms with van der Waals surface area (Å²) in [5.74, 6) is -1.75. The van der Waals surface area contributed by atoms with Crippen LogP contribution in [-0.4, -0.2) is 24.3 Å². The number of amides is 1. The molecule has 0 heterocycles. The molecule has 0 bridgehead atoms. The molecule has 0 aromatic heterocycles. The Morgan fingerprint density at radius 3 is 2.09 bits per heavy atom. The van der Waals surface area contributed by atoms with Gasteiger partial charge in [-0.1, -0.05) is 0 Å². The van der Waals surface area contributed by atoms with E-state index in [-0.39, 0.29) is 17.3 Å². The lowest BCUT2D eigenvalue weighted by atomic mass is 10.1. The average Bonchev–Trinajstić information content (AvgIpc) is 2.53. The van der Waals surface area contributed by atoms with Crippen LogP contribution >= 0.6 is 0 Å². The fraction of sp³-hybridized carbons (Fsp3) is 0.118. The maximum atomic E-state index is 12.8. The number of carbonyl (C=O) groups excluding carboxylic acids is 3. The molecule has 23 heavy (non-hydrogen) atoms. The molecule has 5 nitrogen and oxygen atoms in total. The highest BCUT2D eigenvalue weighted by atomic mass is 19.1. The summed E-state index contributed by atoms with van der Waals surface area (Å²) in [6.07, 6.45) is 0. The van der Waals surface area contributed by atoms with Crippen molar-refractivity contribution in [2.45, 2.75) is 6.92 Å². The van der Waals surface area contributed by atoms with E-state index in [1.165, 1.54) is 31.2 Å². The first kappa shape index (κ1) is 16.4. The molecule has 0 saturated carbocycles.